The van der Waals surface area contributed by atoms with Crippen LogP contribution in [0, 0.1) is 0 Å². The van der Waals surface area contributed by atoms with E-state index in [-0.39, 0.29) is 24.4 Å². The lowest BCUT2D eigenvalue weighted by atomic mass is 10.2. The third-order valence-corrected chi connectivity index (χ3v) is 3.16. The molecule has 1 aliphatic heterocycles. The SMILES string of the molecule is Cl.NC(=O)c1ccc(OCCC(=O)NC2CCNC2)cc1. The topological polar surface area (TPSA) is 93.5 Å². The quantitative estimate of drug-likeness (QED) is 0.711. The Hall–Kier alpha value is -1.79. The van der Waals surface area contributed by atoms with Crippen molar-refractivity contribution < 1.29 is 14.3 Å². The second-order valence-electron chi connectivity index (χ2n) is 4.74. The van der Waals surface area contributed by atoms with Gasteiger partial charge in [-0.1, -0.05) is 0 Å². The number of benzene rings is 1. The van der Waals surface area contributed by atoms with Crippen LogP contribution in [0.4, 0.5) is 0 Å². The second-order valence-corrected chi connectivity index (χ2v) is 4.74. The minimum absolute atomic E-state index is 0. The van der Waals surface area contributed by atoms with Gasteiger partial charge in [-0.2, -0.15) is 0 Å². The number of nitrogens with two attached hydrogens (primary N) is 1. The summed E-state index contributed by atoms with van der Waals surface area (Å²) < 4.78 is 5.45. The predicted molar refractivity (Wildman–Crippen MR) is 81.7 cm³/mol. The zero-order chi connectivity index (χ0) is 14.4. The van der Waals surface area contributed by atoms with Crippen LogP contribution in [0.15, 0.2) is 24.3 Å². The van der Waals surface area contributed by atoms with E-state index in [9.17, 15) is 9.59 Å². The first-order chi connectivity index (χ1) is 9.65. The number of nitrogens with one attached hydrogen (secondary N) is 2. The minimum atomic E-state index is -0.471. The van der Waals surface area contributed by atoms with E-state index in [4.69, 9.17) is 10.5 Å². The van der Waals surface area contributed by atoms with Crippen molar-refractivity contribution in [3.05, 3.63) is 29.8 Å². The molecule has 2 rings (SSSR count). The summed E-state index contributed by atoms with van der Waals surface area (Å²) in [4.78, 5) is 22.6. The molecule has 6 nitrogen and oxygen atoms in total. The number of halogens is 1. The van der Waals surface area contributed by atoms with Gasteiger partial charge in [-0.15, -0.1) is 12.4 Å². The van der Waals surface area contributed by atoms with Crippen LogP contribution in [-0.2, 0) is 4.79 Å². The van der Waals surface area contributed by atoms with Crippen LogP contribution >= 0.6 is 12.4 Å². The predicted octanol–water partition coefficient (Wildman–Crippen LogP) is 0.454. The molecule has 2 amide bonds. The second kappa shape index (κ2) is 8.49. The van der Waals surface area contributed by atoms with Gasteiger partial charge in [0.05, 0.1) is 13.0 Å². The van der Waals surface area contributed by atoms with Crippen LogP contribution < -0.4 is 21.1 Å². The van der Waals surface area contributed by atoms with E-state index in [1.807, 2.05) is 0 Å². The molecular formula is C14H20ClN3O3. The lowest BCUT2D eigenvalue weighted by Crippen LogP contribution is -2.36. The maximum Gasteiger partial charge on any atom is 0.248 e. The normalized spacial score (nSPS) is 16.9. The fourth-order valence-corrected chi connectivity index (χ4v) is 2.05. The van der Waals surface area contributed by atoms with Gasteiger partial charge >= 0.3 is 0 Å². The summed E-state index contributed by atoms with van der Waals surface area (Å²) in [5.74, 6) is 0.138. The molecule has 7 heteroatoms. The van der Waals surface area contributed by atoms with E-state index in [0.29, 0.717) is 24.3 Å². The van der Waals surface area contributed by atoms with Crippen molar-refractivity contribution >= 4 is 24.2 Å². The highest BCUT2D eigenvalue weighted by Gasteiger charge is 2.16. The fourth-order valence-electron chi connectivity index (χ4n) is 2.05. The minimum Gasteiger partial charge on any atom is -0.493 e. The third-order valence-electron chi connectivity index (χ3n) is 3.16. The number of rotatable bonds is 6. The largest absolute Gasteiger partial charge is 0.493 e. The molecule has 1 saturated heterocycles. The van der Waals surface area contributed by atoms with Gasteiger partial charge in [0.25, 0.3) is 0 Å². The van der Waals surface area contributed by atoms with Gasteiger partial charge in [-0.25, -0.2) is 0 Å². The monoisotopic (exact) mass is 313 g/mol. The Kier molecular flexibility index (Phi) is 6.98. The first-order valence-corrected chi connectivity index (χ1v) is 6.68. The molecule has 1 unspecified atom stereocenters. The summed E-state index contributed by atoms with van der Waals surface area (Å²) >= 11 is 0. The molecule has 1 aromatic carbocycles. The zero-order valence-corrected chi connectivity index (χ0v) is 12.4. The highest BCUT2D eigenvalue weighted by molar-refractivity contribution is 5.92. The molecule has 0 radical (unpaired) electrons. The van der Waals surface area contributed by atoms with Crippen molar-refractivity contribution in [3.8, 4) is 5.75 Å². The van der Waals surface area contributed by atoms with Crippen LogP contribution in [0.5, 0.6) is 5.75 Å². The van der Waals surface area contributed by atoms with Crippen LogP contribution in [0.2, 0.25) is 0 Å². The number of primary amides is 1. The molecule has 0 aliphatic carbocycles. The zero-order valence-electron chi connectivity index (χ0n) is 11.6. The number of carbonyl (C=O) groups excluding carboxylic acids is 2. The van der Waals surface area contributed by atoms with Gasteiger partial charge in [0.2, 0.25) is 11.8 Å². The van der Waals surface area contributed by atoms with Crippen molar-refractivity contribution in [1.82, 2.24) is 10.6 Å². The number of hydrogen-bond donors (Lipinski definition) is 3. The highest BCUT2D eigenvalue weighted by Crippen LogP contribution is 2.12. The molecular weight excluding hydrogens is 294 g/mol. The first-order valence-electron chi connectivity index (χ1n) is 6.68. The molecule has 4 N–H and O–H groups in total. The Morgan fingerprint density at radius 2 is 2.05 bits per heavy atom. The molecule has 1 heterocycles. The number of hydrogen-bond acceptors (Lipinski definition) is 4. The van der Waals surface area contributed by atoms with E-state index in [1.54, 1.807) is 24.3 Å². The van der Waals surface area contributed by atoms with Crippen LogP contribution in [0.3, 0.4) is 0 Å². The molecule has 1 fully saturated rings. The lowest BCUT2D eigenvalue weighted by molar-refractivity contribution is -0.122. The van der Waals surface area contributed by atoms with Gasteiger partial charge < -0.3 is 21.1 Å². The third kappa shape index (κ3) is 5.61. The molecule has 1 aliphatic rings. The smallest absolute Gasteiger partial charge is 0.248 e. The Labute approximate surface area is 129 Å². The van der Waals surface area contributed by atoms with E-state index in [2.05, 4.69) is 10.6 Å². The summed E-state index contributed by atoms with van der Waals surface area (Å²) in [5.41, 5.74) is 5.58. The van der Waals surface area contributed by atoms with Gasteiger partial charge in [0, 0.05) is 18.2 Å². The van der Waals surface area contributed by atoms with E-state index in [0.717, 1.165) is 19.5 Å². The molecule has 0 spiro atoms. The Bertz CT molecular complexity index is 473. The summed E-state index contributed by atoms with van der Waals surface area (Å²) in [6.07, 6.45) is 1.29. The van der Waals surface area contributed by atoms with E-state index < -0.39 is 5.91 Å². The van der Waals surface area contributed by atoms with E-state index in [1.165, 1.54) is 0 Å². The highest BCUT2D eigenvalue weighted by atomic mass is 35.5. The van der Waals surface area contributed by atoms with E-state index >= 15 is 0 Å². The Balaban J connectivity index is 0.00000220. The number of ether oxygens (including phenoxy) is 1. The van der Waals surface area contributed by atoms with Crippen molar-refractivity contribution in [2.75, 3.05) is 19.7 Å². The molecule has 0 aromatic heterocycles. The maximum atomic E-state index is 11.7. The molecule has 0 bridgehead atoms. The number of amides is 2. The van der Waals surface area contributed by atoms with Crippen molar-refractivity contribution in [3.63, 3.8) is 0 Å². The van der Waals surface area contributed by atoms with Crippen molar-refractivity contribution in [2.24, 2.45) is 5.73 Å². The average molecular weight is 314 g/mol. The molecule has 21 heavy (non-hydrogen) atoms. The molecule has 0 saturated carbocycles. The van der Waals surface area contributed by atoms with Gasteiger partial charge in [0.15, 0.2) is 0 Å². The molecule has 1 atom stereocenters. The van der Waals surface area contributed by atoms with Gasteiger partial charge in [-0.3, -0.25) is 9.59 Å². The summed E-state index contributed by atoms with van der Waals surface area (Å²) in [6, 6.07) is 6.76. The van der Waals surface area contributed by atoms with Crippen LogP contribution in [0.1, 0.15) is 23.2 Å². The summed E-state index contributed by atoms with van der Waals surface area (Å²) in [5, 5.41) is 6.14. The maximum absolute atomic E-state index is 11.7. The number of carbonyl (C=O) groups is 2. The van der Waals surface area contributed by atoms with Crippen LogP contribution in [-0.4, -0.2) is 37.6 Å². The Morgan fingerprint density at radius 3 is 2.62 bits per heavy atom. The molecule has 1 aromatic rings. The first kappa shape index (κ1) is 17.3. The van der Waals surface area contributed by atoms with Crippen molar-refractivity contribution in [2.45, 2.75) is 18.9 Å². The lowest BCUT2D eigenvalue weighted by Gasteiger charge is -2.11. The van der Waals surface area contributed by atoms with Gasteiger partial charge in [-0.05, 0) is 37.2 Å². The van der Waals surface area contributed by atoms with Gasteiger partial charge in [0.1, 0.15) is 5.75 Å². The summed E-state index contributed by atoms with van der Waals surface area (Å²) in [7, 11) is 0. The average Bonchev–Trinajstić information content (AvgIpc) is 2.92. The Morgan fingerprint density at radius 1 is 1.33 bits per heavy atom. The van der Waals surface area contributed by atoms with Crippen molar-refractivity contribution in [1.29, 1.82) is 0 Å². The summed E-state index contributed by atoms with van der Waals surface area (Å²) in [6.45, 7) is 2.09. The van der Waals surface area contributed by atoms with Crippen LogP contribution in [0.25, 0.3) is 0 Å². The molecule has 116 valence electrons. The fraction of sp³-hybridized carbons (Fsp3) is 0.429. The standard InChI is InChI=1S/C14H19N3O3.ClH/c15-14(19)10-1-3-12(4-2-10)20-8-6-13(18)17-11-5-7-16-9-11;/h1-4,11,16H,5-9H2,(H2,15,19)(H,17,18);1H.